The third-order valence-electron chi connectivity index (χ3n) is 3.00. The van der Waals surface area contributed by atoms with E-state index in [2.05, 4.69) is 16.7 Å². The first-order valence-corrected chi connectivity index (χ1v) is 6.70. The van der Waals surface area contributed by atoms with Crippen molar-refractivity contribution in [3.05, 3.63) is 22.4 Å². The summed E-state index contributed by atoms with van der Waals surface area (Å²) < 4.78 is 0. The van der Waals surface area contributed by atoms with Crippen molar-refractivity contribution in [1.82, 2.24) is 10.6 Å². The molecule has 4 heteroatoms. The molecule has 1 aliphatic heterocycles. The Morgan fingerprint density at radius 1 is 1.69 bits per heavy atom. The molecule has 1 aliphatic rings. The van der Waals surface area contributed by atoms with Gasteiger partial charge in [0.05, 0.1) is 12.0 Å². The van der Waals surface area contributed by atoms with E-state index in [1.807, 2.05) is 18.4 Å². The van der Waals surface area contributed by atoms with Gasteiger partial charge in [-0.2, -0.15) is 0 Å². The Morgan fingerprint density at radius 3 is 3.19 bits per heavy atom. The number of carbonyl (C=O) groups excluding carboxylic acids is 1. The predicted octanol–water partition coefficient (Wildman–Crippen LogP) is 1.92. The van der Waals surface area contributed by atoms with Gasteiger partial charge in [0.25, 0.3) is 0 Å². The molecule has 3 nitrogen and oxygen atoms in total. The molecule has 16 heavy (non-hydrogen) atoms. The third-order valence-corrected chi connectivity index (χ3v) is 4.05. The van der Waals surface area contributed by atoms with Gasteiger partial charge in [-0.15, -0.1) is 11.3 Å². The molecule has 2 rings (SSSR count). The Labute approximate surface area is 100 Å². The van der Waals surface area contributed by atoms with E-state index in [9.17, 15) is 4.79 Å². The molecule has 0 radical (unpaired) electrons. The lowest BCUT2D eigenvalue weighted by Gasteiger charge is -2.23. The van der Waals surface area contributed by atoms with E-state index in [0.717, 1.165) is 25.9 Å². The quantitative estimate of drug-likeness (QED) is 0.845. The van der Waals surface area contributed by atoms with Crippen molar-refractivity contribution >= 4 is 17.2 Å². The maximum atomic E-state index is 12.0. The second-order valence-corrected chi connectivity index (χ2v) is 5.27. The van der Waals surface area contributed by atoms with Gasteiger partial charge in [0.15, 0.2) is 0 Å². The number of hydrogen-bond acceptors (Lipinski definition) is 3. The fourth-order valence-corrected chi connectivity index (χ4v) is 2.75. The average molecular weight is 238 g/mol. The number of rotatable bonds is 3. The highest BCUT2D eigenvalue weighted by atomic mass is 32.1. The average Bonchev–Trinajstić information content (AvgIpc) is 2.83. The van der Waals surface area contributed by atoms with Gasteiger partial charge < -0.3 is 10.6 Å². The molecule has 2 N–H and O–H groups in total. The van der Waals surface area contributed by atoms with Crippen LogP contribution in [0.2, 0.25) is 0 Å². The van der Waals surface area contributed by atoms with Crippen molar-refractivity contribution in [3.8, 4) is 0 Å². The van der Waals surface area contributed by atoms with Crippen LogP contribution in [-0.4, -0.2) is 19.0 Å². The first-order valence-electron chi connectivity index (χ1n) is 5.82. The van der Waals surface area contributed by atoms with Crippen LogP contribution in [0.4, 0.5) is 0 Å². The van der Waals surface area contributed by atoms with E-state index in [1.54, 1.807) is 11.3 Å². The smallest absolute Gasteiger partial charge is 0.224 e. The molecule has 2 heterocycles. The summed E-state index contributed by atoms with van der Waals surface area (Å²) in [5.74, 6) is 0.337. The van der Waals surface area contributed by atoms with Gasteiger partial charge in [0.1, 0.15) is 0 Å². The molecule has 0 aliphatic carbocycles. The van der Waals surface area contributed by atoms with Gasteiger partial charge in [-0.25, -0.2) is 0 Å². The van der Waals surface area contributed by atoms with Gasteiger partial charge in [-0.05, 0) is 37.8 Å². The van der Waals surface area contributed by atoms with Crippen molar-refractivity contribution < 1.29 is 4.79 Å². The normalized spacial score (nSPS) is 22.7. The summed E-state index contributed by atoms with van der Waals surface area (Å²) >= 11 is 1.69. The summed E-state index contributed by atoms with van der Waals surface area (Å²) in [5, 5.41) is 8.39. The number of hydrogen-bond donors (Lipinski definition) is 2. The molecular weight excluding hydrogens is 220 g/mol. The van der Waals surface area contributed by atoms with E-state index in [1.165, 1.54) is 4.88 Å². The first-order chi connectivity index (χ1) is 7.77. The van der Waals surface area contributed by atoms with Gasteiger partial charge in [-0.1, -0.05) is 6.07 Å². The molecule has 0 bridgehead atoms. The molecule has 1 saturated heterocycles. The second kappa shape index (κ2) is 5.46. The highest BCUT2D eigenvalue weighted by Crippen LogP contribution is 2.19. The Balaban J connectivity index is 1.86. The molecule has 0 spiro atoms. The second-order valence-electron chi connectivity index (χ2n) is 4.29. The zero-order chi connectivity index (χ0) is 11.4. The van der Waals surface area contributed by atoms with Gasteiger partial charge in [0.2, 0.25) is 5.91 Å². The molecule has 0 saturated carbocycles. The van der Waals surface area contributed by atoms with Gasteiger partial charge in [0, 0.05) is 11.4 Å². The van der Waals surface area contributed by atoms with Crippen LogP contribution < -0.4 is 10.6 Å². The topological polar surface area (TPSA) is 41.1 Å². The fourth-order valence-electron chi connectivity index (χ4n) is 2.02. The zero-order valence-corrected chi connectivity index (χ0v) is 10.3. The Hall–Kier alpha value is -0.870. The molecule has 2 atom stereocenters. The van der Waals surface area contributed by atoms with Crippen LogP contribution in [0.15, 0.2) is 17.5 Å². The van der Waals surface area contributed by atoms with Crippen molar-refractivity contribution in [2.75, 3.05) is 13.1 Å². The maximum Gasteiger partial charge on any atom is 0.224 e. The molecule has 88 valence electrons. The van der Waals surface area contributed by atoms with Crippen LogP contribution in [0.5, 0.6) is 0 Å². The van der Waals surface area contributed by atoms with Crippen LogP contribution in [-0.2, 0) is 4.79 Å². The fraction of sp³-hybridized carbons (Fsp3) is 0.583. The van der Waals surface area contributed by atoms with E-state index < -0.39 is 0 Å². The number of piperidine rings is 1. The van der Waals surface area contributed by atoms with E-state index >= 15 is 0 Å². The Morgan fingerprint density at radius 2 is 2.56 bits per heavy atom. The lowest BCUT2D eigenvalue weighted by atomic mass is 9.98. The number of thiophene rings is 1. The van der Waals surface area contributed by atoms with E-state index in [4.69, 9.17) is 0 Å². The summed E-state index contributed by atoms with van der Waals surface area (Å²) in [6, 6.07) is 4.22. The van der Waals surface area contributed by atoms with Gasteiger partial charge >= 0.3 is 0 Å². The minimum Gasteiger partial charge on any atom is -0.348 e. The summed E-state index contributed by atoms with van der Waals surface area (Å²) in [6.07, 6.45) is 2.11. The molecule has 1 amide bonds. The predicted molar refractivity (Wildman–Crippen MR) is 66.5 cm³/mol. The van der Waals surface area contributed by atoms with Crippen molar-refractivity contribution in [2.45, 2.75) is 25.8 Å². The van der Waals surface area contributed by atoms with Gasteiger partial charge in [-0.3, -0.25) is 4.79 Å². The highest BCUT2D eigenvalue weighted by molar-refractivity contribution is 7.10. The van der Waals surface area contributed by atoms with Crippen molar-refractivity contribution in [3.63, 3.8) is 0 Å². The molecular formula is C12H18N2OS. The largest absolute Gasteiger partial charge is 0.348 e. The number of amides is 1. The standard InChI is InChI=1S/C12H18N2OS/c1-9(11-5-3-7-16-11)14-12(15)10-4-2-6-13-8-10/h3,5,7,9-10,13H,2,4,6,8H2,1H3,(H,14,15)/t9-,10+/m0/s1. The third kappa shape index (κ3) is 2.83. The first kappa shape index (κ1) is 11.6. The molecule has 0 unspecified atom stereocenters. The van der Waals surface area contributed by atoms with Crippen LogP contribution in [0.25, 0.3) is 0 Å². The summed E-state index contributed by atoms with van der Waals surface area (Å²) in [7, 11) is 0. The SMILES string of the molecule is C[C@H](NC(=O)[C@@H]1CCCNC1)c1cccs1. The number of nitrogens with one attached hydrogen (secondary N) is 2. The van der Waals surface area contributed by atoms with Crippen LogP contribution >= 0.6 is 11.3 Å². The van der Waals surface area contributed by atoms with Crippen LogP contribution in [0.3, 0.4) is 0 Å². The van der Waals surface area contributed by atoms with E-state index in [0.29, 0.717) is 0 Å². The highest BCUT2D eigenvalue weighted by Gasteiger charge is 2.22. The lowest BCUT2D eigenvalue weighted by molar-refractivity contribution is -0.126. The van der Waals surface area contributed by atoms with Crippen molar-refractivity contribution in [1.29, 1.82) is 0 Å². The lowest BCUT2D eigenvalue weighted by Crippen LogP contribution is -2.41. The van der Waals surface area contributed by atoms with Crippen molar-refractivity contribution in [2.24, 2.45) is 5.92 Å². The van der Waals surface area contributed by atoms with Crippen LogP contribution in [0, 0.1) is 5.92 Å². The van der Waals surface area contributed by atoms with Crippen LogP contribution in [0.1, 0.15) is 30.7 Å². The molecule has 1 aromatic rings. The summed E-state index contributed by atoms with van der Waals surface area (Å²) in [5.41, 5.74) is 0. The molecule has 1 aromatic heterocycles. The maximum absolute atomic E-state index is 12.0. The number of carbonyl (C=O) groups is 1. The summed E-state index contributed by atoms with van der Waals surface area (Å²) in [4.78, 5) is 13.2. The minimum atomic E-state index is 0.134. The summed E-state index contributed by atoms with van der Waals surface area (Å²) in [6.45, 7) is 3.91. The minimum absolute atomic E-state index is 0.134. The van der Waals surface area contributed by atoms with E-state index in [-0.39, 0.29) is 17.9 Å². The molecule has 0 aromatic carbocycles. The Bertz CT molecular complexity index is 331. The monoisotopic (exact) mass is 238 g/mol. The Kier molecular flexibility index (Phi) is 3.96. The molecule has 1 fully saturated rings. The zero-order valence-electron chi connectivity index (χ0n) is 9.53.